The van der Waals surface area contributed by atoms with Gasteiger partial charge in [0.2, 0.25) is 5.91 Å². The van der Waals surface area contributed by atoms with Crippen LogP contribution in [0.25, 0.3) is 10.9 Å². The van der Waals surface area contributed by atoms with Gasteiger partial charge < -0.3 is 15.4 Å². The number of fused-ring (bicyclic) bond motifs is 1. The summed E-state index contributed by atoms with van der Waals surface area (Å²) in [5.41, 5.74) is 1.39. The highest BCUT2D eigenvalue weighted by atomic mass is 32.2. The van der Waals surface area contributed by atoms with E-state index in [9.17, 15) is 9.59 Å². The fraction of sp³-hybridized carbons (Fsp3) is 0.450. The zero-order chi connectivity index (χ0) is 18.6. The maximum Gasteiger partial charge on any atom is 0.252 e. The van der Waals surface area contributed by atoms with Crippen molar-refractivity contribution in [3.05, 3.63) is 35.9 Å². The van der Waals surface area contributed by atoms with Crippen LogP contribution >= 0.6 is 11.8 Å². The molecule has 2 fully saturated rings. The molecule has 1 aliphatic carbocycles. The molecule has 2 amide bonds. The van der Waals surface area contributed by atoms with Crippen LogP contribution < -0.4 is 10.6 Å². The highest BCUT2D eigenvalue weighted by molar-refractivity contribution is 7.99. The van der Waals surface area contributed by atoms with Gasteiger partial charge in [-0.25, -0.2) is 4.98 Å². The smallest absolute Gasteiger partial charge is 0.252 e. The molecule has 142 valence electrons. The van der Waals surface area contributed by atoms with Gasteiger partial charge in [0, 0.05) is 24.6 Å². The molecule has 0 bridgehead atoms. The number of benzene rings is 1. The van der Waals surface area contributed by atoms with Crippen molar-refractivity contribution in [2.24, 2.45) is 0 Å². The van der Waals surface area contributed by atoms with Gasteiger partial charge in [0.05, 0.1) is 28.0 Å². The third-order valence-corrected chi connectivity index (χ3v) is 5.66. The zero-order valence-corrected chi connectivity index (χ0v) is 15.9. The van der Waals surface area contributed by atoms with Crippen LogP contribution in [0.4, 0.5) is 0 Å². The van der Waals surface area contributed by atoms with Gasteiger partial charge in [0.15, 0.2) is 0 Å². The molecule has 1 unspecified atom stereocenters. The zero-order valence-electron chi connectivity index (χ0n) is 15.1. The molecule has 1 atom stereocenters. The van der Waals surface area contributed by atoms with Crippen LogP contribution in [0.2, 0.25) is 0 Å². The molecular formula is C20H23N3O3S. The molecule has 0 radical (unpaired) electrons. The summed E-state index contributed by atoms with van der Waals surface area (Å²) in [6.45, 7) is 1.33. The predicted molar refractivity (Wildman–Crippen MR) is 105 cm³/mol. The lowest BCUT2D eigenvalue weighted by Gasteiger charge is -2.11. The average molecular weight is 385 g/mol. The van der Waals surface area contributed by atoms with E-state index in [1.165, 1.54) is 11.8 Å². The first kappa shape index (κ1) is 18.3. The van der Waals surface area contributed by atoms with E-state index in [0.717, 1.165) is 43.2 Å². The second-order valence-electron chi connectivity index (χ2n) is 7.00. The van der Waals surface area contributed by atoms with E-state index < -0.39 is 0 Å². The summed E-state index contributed by atoms with van der Waals surface area (Å²) in [6.07, 6.45) is 4.28. The predicted octanol–water partition coefficient (Wildman–Crippen LogP) is 2.51. The van der Waals surface area contributed by atoms with Crippen LogP contribution in [0.1, 0.15) is 36.0 Å². The van der Waals surface area contributed by atoms with E-state index in [0.29, 0.717) is 23.2 Å². The molecule has 27 heavy (non-hydrogen) atoms. The summed E-state index contributed by atoms with van der Waals surface area (Å²) in [7, 11) is 0. The summed E-state index contributed by atoms with van der Waals surface area (Å²) in [5.74, 6) is 0.150. The second kappa shape index (κ2) is 8.27. The van der Waals surface area contributed by atoms with Crippen molar-refractivity contribution in [3.63, 3.8) is 0 Å². The molecule has 6 nitrogen and oxygen atoms in total. The number of hydrogen-bond donors (Lipinski definition) is 2. The normalized spacial score (nSPS) is 19.2. The molecule has 2 aromatic rings. The molecule has 2 aliphatic rings. The van der Waals surface area contributed by atoms with E-state index in [2.05, 4.69) is 15.6 Å². The summed E-state index contributed by atoms with van der Waals surface area (Å²) in [4.78, 5) is 29.3. The number of rotatable bonds is 7. The average Bonchev–Trinajstić information content (AvgIpc) is 3.34. The third kappa shape index (κ3) is 4.78. The minimum atomic E-state index is -0.0687. The number of nitrogens with one attached hydrogen (secondary N) is 2. The van der Waals surface area contributed by atoms with Crippen molar-refractivity contribution in [3.8, 4) is 0 Å². The Balaban J connectivity index is 1.43. The van der Waals surface area contributed by atoms with Gasteiger partial charge in [0.25, 0.3) is 5.91 Å². The van der Waals surface area contributed by atoms with Crippen molar-refractivity contribution in [2.75, 3.05) is 18.9 Å². The number of ether oxygens (including phenoxy) is 1. The molecule has 1 aliphatic heterocycles. The van der Waals surface area contributed by atoms with Gasteiger partial charge in [0.1, 0.15) is 0 Å². The lowest BCUT2D eigenvalue weighted by atomic mass is 10.1. The SMILES string of the molecule is O=C(CSc1cc(C(=O)NC2CC2)c2ccccc2n1)NCC1CCCO1. The maximum absolute atomic E-state index is 12.6. The fourth-order valence-corrected chi connectivity index (χ4v) is 3.87. The molecule has 1 aromatic heterocycles. The topological polar surface area (TPSA) is 80.3 Å². The summed E-state index contributed by atoms with van der Waals surface area (Å²) in [5, 5.41) is 7.47. The van der Waals surface area contributed by atoms with Crippen molar-refractivity contribution in [1.29, 1.82) is 0 Å². The first-order valence-corrected chi connectivity index (χ1v) is 10.4. The van der Waals surface area contributed by atoms with E-state index >= 15 is 0 Å². The second-order valence-corrected chi connectivity index (χ2v) is 8.00. The number of carbonyl (C=O) groups excluding carboxylic acids is 2. The largest absolute Gasteiger partial charge is 0.376 e. The van der Waals surface area contributed by atoms with Gasteiger partial charge in [-0.1, -0.05) is 30.0 Å². The van der Waals surface area contributed by atoms with E-state index in [-0.39, 0.29) is 23.7 Å². The Bertz CT molecular complexity index is 847. The van der Waals surface area contributed by atoms with Crippen molar-refractivity contribution < 1.29 is 14.3 Å². The molecule has 1 aromatic carbocycles. The Morgan fingerprint density at radius 3 is 2.85 bits per heavy atom. The Morgan fingerprint density at radius 1 is 1.22 bits per heavy atom. The minimum absolute atomic E-state index is 0.0468. The summed E-state index contributed by atoms with van der Waals surface area (Å²) in [6, 6.07) is 9.70. The van der Waals surface area contributed by atoms with Crippen LogP contribution in [0, 0.1) is 0 Å². The lowest BCUT2D eigenvalue weighted by molar-refractivity contribution is -0.119. The third-order valence-electron chi connectivity index (χ3n) is 4.75. The van der Waals surface area contributed by atoms with E-state index in [1.807, 2.05) is 24.3 Å². The van der Waals surface area contributed by atoms with E-state index in [1.54, 1.807) is 6.07 Å². The van der Waals surface area contributed by atoms with Crippen molar-refractivity contribution in [2.45, 2.75) is 42.9 Å². The highest BCUT2D eigenvalue weighted by Crippen LogP contribution is 2.26. The van der Waals surface area contributed by atoms with Gasteiger partial charge in [-0.15, -0.1) is 0 Å². The first-order valence-electron chi connectivity index (χ1n) is 9.41. The standard InChI is InChI=1S/C20H23N3O3S/c24-18(21-11-14-4-3-9-26-14)12-27-19-10-16(20(25)22-13-7-8-13)15-5-1-2-6-17(15)23-19/h1-2,5-6,10,13-14H,3-4,7-9,11-12H2,(H,21,24)(H,22,25). The number of nitrogens with zero attached hydrogens (tertiary/aromatic N) is 1. The quantitative estimate of drug-likeness (QED) is 0.716. The monoisotopic (exact) mass is 385 g/mol. The number of aromatic nitrogens is 1. The Labute approximate surface area is 162 Å². The number of para-hydroxylation sites is 1. The Hall–Kier alpha value is -2.12. The first-order chi connectivity index (χ1) is 13.2. The molecule has 1 saturated heterocycles. The molecule has 4 rings (SSSR count). The molecular weight excluding hydrogens is 362 g/mol. The van der Waals surface area contributed by atoms with Gasteiger partial charge in [-0.3, -0.25) is 9.59 Å². The van der Waals surface area contributed by atoms with Crippen LogP contribution in [0.15, 0.2) is 35.4 Å². The van der Waals surface area contributed by atoms with Gasteiger partial charge in [-0.05, 0) is 37.8 Å². The number of amides is 2. The summed E-state index contributed by atoms with van der Waals surface area (Å²) < 4.78 is 5.51. The number of hydrogen-bond acceptors (Lipinski definition) is 5. The van der Waals surface area contributed by atoms with Crippen LogP contribution in [0.3, 0.4) is 0 Å². The number of pyridine rings is 1. The summed E-state index contributed by atoms with van der Waals surface area (Å²) >= 11 is 1.35. The molecule has 1 saturated carbocycles. The number of carbonyl (C=O) groups is 2. The van der Waals surface area contributed by atoms with Crippen molar-refractivity contribution >= 4 is 34.5 Å². The van der Waals surface area contributed by atoms with Crippen LogP contribution in [-0.2, 0) is 9.53 Å². The van der Waals surface area contributed by atoms with Gasteiger partial charge in [-0.2, -0.15) is 0 Å². The highest BCUT2D eigenvalue weighted by Gasteiger charge is 2.25. The minimum Gasteiger partial charge on any atom is -0.376 e. The molecule has 2 N–H and O–H groups in total. The lowest BCUT2D eigenvalue weighted by Crippen LogP contribution is -2.32. The number of thioether (sulfide) groups is 1. The van der Waals surface area contributed by atoms with Crippen molar-refractivity contribution in [1.82, 2.24) is 15.6 Å². The molecule has 7 heteroatoms. The fourth-order valence-electron chi connectivity index (χ4n) is 3.13. The van der Waals surface area contributed by atoms with Crippen LogP contribution in [-0.4, -0.2) is 47.8 Å². The van der Waals surface area contributed by atoms with Gasteiger partial charge >= 0.3 is 0 Å². The Morgan fingerprint density at radius 2 is 2.07 bits per heavy atom. The molecule has 2 heterocycles. The Kier molecular flexibility index (Phi) is 5.59. The van der Waals surface area contributed by atoms with E-state index in [4.69, 9.17) is 4.74 Å². The van der Waals surface area contributed by atoms with Crippen LogP contribution in [0.5, 0.6) is 0 Å². The maximum atomic E-state index is 12.6. The molecule has 0 spiro atoms.